The van der Waals surface area contributed by atoms with E-state index in [1.165, 1.54) is 7.11 Å². The molecule has 7 heteroatoms. The van der Waals surface area contributed by atoms with E-state index in [1.54, 1.807) is 13.0 Å². The Labute approximate surface area is 161 Å². The summed E-state index contributed by atoms with van der Waals surface area (Å²) in [5, 5.41) is 9.68. The predicted molar refractivity (Wildman–Crippen MR) is 99.9 cm³/mol. The number of halogens is 1. The Kier molecular flexibility index (Phi) is 6.70. The zero-order valence-electron chi connectivity index (χ0n) is 15.0. The van der Waals surface area contributed by atoms with E-state index in [4.69, 9.17) is 19.9 Å². The molecule has 0 aromatic heterocycles. The summed E-state index contributed by atoms with van der Waals surface area (Å²) in [7, 11) is 1.53. The molecule has 2 N–H and O–H groups in total. The second-order valence-corrected chi connectivity index (χ2v) is 6.53. The van der Waals surface area contributed by atoms with Crippen LogP contribution in [0.2, 0.25) is 0 Å². The predicted octanol–water partition coefficient (Wildman–Crippen LogP) is 3.88. The summed E-state index contributed by atoms with van der Waals surface area (Å²) in [6.45, 7) is 3.91. The second kappa shape index (κ2) is 8.77. The molecule has 0 saturated heterocycles. The van der Waals surface area contributed by atoms with Crippen molar-refractivity contribution in [1.82, 2.24) is 0 Å². The minimum Gasteiger partial charge on any atom is -0.496 e. The number of allylic oxidation sites excluding steroid dienone is 2. The lowest BCUT2D eigenvalue weighted by molar-refractivity contribution is -0.139. The molecule has 1 atom stereocenters. The van der Waals surface area contributed by atoms with Crippen molar-refractivity contribution in [2.45, 2.75) is 32.6 Å². The number of carbonyl (C=O) groups is 1. The Morgan fingerprint density at radius 1 is 1.42 bits per heavy atom. The Morgan fingerprint density at radius 2 is 2.15 bits per heavy atom. The number of nitrogens with two attached hydrogens (primary N) is 1. The first-order valence-electron chi connectivity index (χ1n) is 8.29. The summed E-state index contributed by atoms with van der Waals surface area (Å²) < 4.78 is 17.1. The quantitative estimate of drug-likeness (QED) is 0.701. The molecule has 1 aromatic carbocycles. The Morgan fingerprint density at radius 3 is 2.73 bits per heavy atom. The molecule has 0 bridgehead atoms. The molecule has 0 radical (unpaired) electrons. The van der Waals surface area contributed by atoms with E-state index in [9.17, 15) is 10.1 Å². The fourth-order valence-corrected chi connectivity index (χ4v) is 3.28. The van der Waals surface area contributed by atoms with Crippen molar-refractivity contribution < 1.29 is 19.0 Å². The number of methoxy groups -OCH3 is 1. The molecule has 26 heavy (non-hydrogen) atoms. The number of benzene rings is 1. The molecule has 0 fully saturated rings. The van der Waals surface area contributed by atoms with Crippen LogP contribution < -0.4 is 10.5 Å². The maximum Gasteiger partial charge on any atom is 0.338 e. The van der Waals surface area contributed by atoms with E-state index < -0.39 is 11.9 Å². The number of hydrogen-bond donors (Lipinski definition) is 1. The lowest BCUT2D eigenvalue weighted by atomic mass is 9.82. The van der Waals surface area contributed by atoms with E-state index in [2.05, 4.69) is 22.0 Å². The Balaban J connectivity index is 2.76. The van der Waals surface area contributed by atoms with Gasteiger partial charge in [-0.1, -0.05) is 22.9 Å². The number of ether oxygens (including phenoxy) is 3. The Hall–Kier alpha value is -2.46. The van der Waals surface area contributed by atoms with Gasteiger partial charge < -0.3 is 19.9 Å². The molecule has 1 aromatic rings. The molecule has 1 aliphatic rings. The Bertz CT molecular complexity index is 808. The lowest BCUT2D eigenvalue weighted by Gasteiger charge is -2.29. The molecule has 0 saturated carbocycles. The van der Waals surface area contributed by atoms with Crippen LogP contribution >= 0.6 is 15.9 Å². The van der Waals surface area contributed by atoms with Crippen LogP contribution in [0.15, 0.2) is 45.5 Å². The van der Waals surface area contributed by atoms with Gasteiger partial charge >= 0.3 is 5.97 Å². The van der Waals surface area contributed by atoms with Crippen molar-refractivity contribution in [2.24, 2.45) is 5.73 Å². The van der Waals surface area contributed by atoms with Gasteiger partial charge in [0.2, 0.25) is 5.88 Å². The van der Waals surface area contributed by atoms with Gasteiger partial charge in [-0.05, 0) is 31.5 Å². The van der Waals surface area contributed by atoms with E-state index in [0.29, 0.717) is 23.5 Å². The molecule has 138 valence electrons. The highest BCUT2D eigenvalue weighted by Gasteiger charge is 2.38. The summed E-state index contributed by atoms with van der Waals surface area (Å²) in [5.74, 6) is -0.283. The number of hydrogen-bond acceptors (Lipinski definition) is 6. The zero-order chi connectivity index (χ0) is 19.3. The average molecular weight is 421 g/mol. The van der Waals surface area contributed by atoms with Crippen molar-refractivity contribution in [3.8, 4) is 11.8 Å². The van der Waals surface area contributed by atoms with Crippen molar-refractivity contribution in [3.05, 3.63) is 51.0 Å². The monoisotopic (exact) mass is 420 g/mol. The van der Waals surface area contributed by atoms with E-state index >= 15 is 0 Å². The summed E-state index contributed by atoms with van der Waals surface area (Å²) in [5.41, 5.74) is 7.08. The zero-order valence-corrected chi connectivity index (χ0v) is 16.6. The standard InChI is InChI=1S/C19H21BrN2O4/c1-4-6-15-17(19(23)25-5-2)16(13(10-21)18(22)26-15)12-9-11(20)7-8-14(12)24-3/h7-9,16H,4-6,22H2,1-3H3/t16-/m0/s1. The molecule has 6 nitrogen and oxygen atoms in total. The van der Waals surface area contributed by atoms with Gasteiger partial charge in [-0.2, -0.15) is 5.26 Å². The van der Waals surface area contributed by atoms with Crippen LogP contribution in [-0.4, -0.2) is 19.7 Å². The third-order valence-electron chi connectivity index (χ3n) is 3.97. The molecule has 1 heterocycles. The highest BCUT2D eigenvalue weighted by Crippen LogP contribution is 2.44. The van der Waals surface area contributed by atoms with Gasteiger partial charge in [-0.15, -0.1) is 0 Å². The van der Waals surface area contributed by atoms with Crippen LogP contribution in [0.3, 0.4) is 0 Å². The minimum absolute atomic E-state index is 0.00368. The highest BCUT2D eigenvalue weighted by atomic mass is 79.9. The smallest absolute Gasteiger partial charge is 0.338 e. The molecular formula is C19H21BrN2O4. The van der Waals surface area contributed by atoms with Crippen LogP contribution in [0, 0.1) is 11.3 Å². The molecule has 2 rings (SSSR count). The maximum absolute atomic E-state index is 12.7. The SMILES string of the molecule is CCCC1=C(C(=O)OCC)[C@@H](c2cc(Br)ccc2OC)C(C#N)=C(N)O1. The third kappa shape index (κ3) is 3.86. The summed E-state index contributed by atoms with van der Waals surface area (Å²) in [4.78, 5) is 12.7. The van der Waals surface area contributed by atoms with Crippen LogP contribution in [-0.2, 0) is 14.3 Å². The van der Waals surface area contributed by atoms with Crippen LogP contribution in [0.5, 0.6) is 5.75 Å². The lowest BCUT2D eigenvalue weighted by Crippen LogP contribution is -2.26. The molecule has 0 unspecified atom stereocenters. The average Bonchev–Trinajstić information content (AvgIpc) is 2.61. The topological polar surface area (TPSA) is 94.6 Å². The largest absolute Gasteiger partial charge is 0.496 e. The van der Waals surface area contributed by atoms with Crippen molar-refractivity contribution >= 4 is 21.9 Å². The van der Waals surface area contributed by atoms with Crippen molar-refractivity contribution in [1.29, 1.82) is 5.26 Å². The molecule has 0 spiro atoms. The van der Waals surface area contributed by atoms with E-state index in [1.807, 2.05) is 19.1 Å². The first-order chi connectivity index (χ1) is 12.5. The van der Waals surface area contributed by atoms with Gasteiger partial charge in [0.1, 0.15) is 23.2 Å². The van der Waals surface area contributed by atoms with Gasteiger partial charge in [0.15, 0.2) is 0 Å². The fourth-order valence-electron chi connectivity index (χ4n) is 2.91. The minimum atomic E-state index is -0.721. The number of esters is 1. The summed E-state index contributed by atoms with van der Waals surface area (Å²) >= 11 is 3.43. The fraction of sp³-hybridized carbons (Fsp3) is 0.368. The number of rotatable bonds is 6. The normalized spacial score (nSPS) is 16.8. The van der Waals surface area contributed by atoms with Gasteiger partial charge in [0, 0.05) is 16.5 Å². The highest BCUT2D eigenvalue weighted by molar-refractivity contribution is 9.10. The maximum atomic E-state index is 12.7. The third-order valence-corrected chi connectivity index (χ3v) is 4.47. The van der Waals surface area contributed by atoms with Crippen LogP contribution in [0.4, 0.5) is 0 Å². The first-order valence-corrected chi connectivity index (χ1v) is 9.08. The van der Waals surface area contributed by atoms with E-state index in [0.717, 1.165) is 10.9 Å². The van der Waals surface area contributed by atoms with Crippen molar-refractivity contribution in [3.63, 3.8) is 0 Å². The summed E-state index contributed by atoms with van der Waals surface area (Å²) in [6.07, 6.45) is 1.25. The van der Waals surface area contributed by atoms with Crippen molar-refractivity contribution in [2.75, 3.05) is 13.7 Å². The first kappa shape index (κ1) is 19.9. The van der Waals surface area contributed by atoms with Gasteiger partial charge in [-0.3, -0.25) is 0 Å². The molecule has 0 aliphatic carbocycles. The van der Waals surface area contributed by atoms with Crippen LogP contribution in [0.1, 0.15) is 38.2 Å². The van der Waals surface area contributed by atoms with Gasteiger partial charge in [-0.25, -0.2) is 4.79 Å². The van der Waals surface area contributed by atoms with E-state index in [-0.39, 0.29) is 23.6 Å². The van der Waals surface area contributed by atoms with Crippen LogP contribution in [0.25, 0.3) is 0 Å². The molecule has 1 aliphatic heterocycles. The molecular weight excluding hydrogens is 400 g/mol. The summed E-state index contributed by atoms with van der Waals surface area (Å²) in [6, 6.07) is 7.47. The number of carbonyl (C=O) groups excluding carboxylic acids is 1. The number of nitriles is 1. The van der Waals surface area contributed by atoms with Gasteiger partial charge in [0.05, 0.1) is 25.2 Å². The number of nitrogens with zero attached hydrogens (tertiary/aromatic N) is 1. The molecule has 0 amide bonds. The second-order valence-electron chi connectivity index (χ2n) is 5.62. The van der Waals surface area contributed by atoms with Gasteiger partial charge in [0.25, 0.3) is 0 Å².